The Morgan fingerprint density at radius 3 is 0.985 bits per heavy atom. The highest BCUT2D eigenvalue weighted by atomic mass is 16.5. The lowest BCUT2D eigenvalue weighted by Gasteiger charge is -2.45. The number of ether oxygens (including phenoxy) is 2. The van der Waals surface area contributed by atoms with Gasteiger partial charge in [0.05, 0.1) is 32.9 Å². The maximum absolute atomic E-state index is 7.00. The van der Waals surface area contributed by atoms with Crippen LogP contribution < -0.4 is 19.3 Å². The van der Waals surface area contributed by atoms with Gasteiger partial charge in [-0.1, -0.05) is 319 Å². The average Bonchev–Trinajstić information content (AvgIpc) is 1.20. The number of anilines is 6. The molecule has 20 aromatic carbocycles. The number of aromatic nitrogens is 2. The number of fused-ring (bicyclic) bond motifs is 28. The summed E-state index contributed by atoms with van der Waals surface area (Å²) in [7, 11) is 0. The summed E-state index contributed by atoms with van der Waals surface area (Å²) in [5.74, 6) is 3.50. The zero-order valence-corrected chi connectivity index (χ0v) is 72.2. The topological polar surface area (TPSA) is 34.8 Å². The second-order valence-corrected chi connectivity index (χ2v) is 36.8. The van der Waals surface area contributed by atoms with Crippen LogP contribution in [0.15, 0.2) is 437 Å². The van der Waals surface area contributed by atoms with E-state index in [-0.39, 0.29) is 10.8 Å². The average molecular weight is 1660 g/mol. The van der Waals surface area contributed by atoms with Gasteiger partial charge in [-0.05, 0) is 256 Å². The van der Waals surface area contributed by atoms with Gasteiger partial charge in [0.25, 0.3) is 0 Å². The molecule has 0 saturated heterocycles. The number of para-hydroxylation sites is 6. The molecule has 6 heteroatoms. The summed E-state index contributed by atoms with van der Waals surface area (Å²) in [5.41, 5.74) is 37.2. The predicted molar refractivity (Wildman–Crippen MR) is 536 cm³/mol. The quantitative estimate of drug-likeness (QED) is 0.152. The SMILES string of the molecule is CC1(C)c2ccccc2-c2cc(N(c3ccc4c(c3)C3(c5ccccc5O4)c4ccccc4-c4cccc5cccc3c45)c3ccc4c(c3)c3ccccc3n4-c3ccccc3)ccc21.CC1(C)c2ccccc2-c2ccc(N(c3ccc4c(c3)C3(c5ccccc5O4)c4ccccc4-c4cccc5cccc3c45)c3ccc4c(c3)c3ccccc3n4-c3ccccc3)cc21. The van der Waals surface area contributed by atoms with Gasteiger partial charge in [0, 0.05) is 100 Å². The maximum Gasteiger partial charge on any atom is 0.132 e. The maximum atomic E-state index is 7.00. The summed E-state index contributed by atoms with van der Waals surface area (Å²) in [6, 6.07) is 162. The molecule has 2 aliphatic heterocycles. The second kappa shape index (κ2) is 27.6. The fourth-order valence-corrected chi connectivity index (χ4v) is 24.1. The Morgan fingerprint density at radius 2 is 0.500 bits per heavy atom. The van der Waals surface area contributed by atoms with Gasteiger partial charge in [0.1, 0.15) is 23.0 Å². The van der Waals surface area contributed by atoms with Crippen LogP contribution in [-0.4, -0.2) is 9.13 Å². The molecule has 2 atom stereocenters. The minimum Gasteiger partial charge on any atom is -0.457 e. The summed E-state index contributed by atoms with van der Waals surface area (Å²) in [4.78, 5) is 4.95. The molecule has 0 saturated carbocycles. The van der Waals surface area contributed by atoms with E-state index in [1.807, 2.05) is 0 Å². The Labute approximate surface area is 754 Å². The lowest BCUT2D eigenvalue weighted by molar-refractivity contribution is 0.435. The molecule has 0 radical (unpaired) electrons. The smallest absolute Gasteiger partial charge is 0.132 e. The molecule has 0 amide bonds. The molecule has 0 fully saturated rings. The molecule has 4 heterocycles. The number of nitrogens with zero attached hydrogens (tertiary/aromatic N) is 4. The van der Waals surface area contributed by atoms with E-state index in [1.165, 1.54) is 154 Å². The standard InChI is InChI=1S/2C62H42N2O/c1-61(2)50-24-9-6-21-45(50)48-36-41(30-33-51(48)61)63(42-31-34-57-49(37-42)46-22-8-12-28-56(46)64(57)40-18-4-3-5-19-40)43-32-35-59-55(38-43)62(53-26-11-13-29-58(53)65-59)52-25-10-7-20-44(52)47-23-14-16-39-17-15-27-54(62)60(39)47;1-61(2)50-24-9-6-20-44(50)46-33-30-42(37-54(46)61)63(41-31-34-57-49(36-41)47-22-8-12-28-56(47)64(57)40-18-4-3-5-19-40)43-32-35-59-55(38-43)62(52-26-11-13-29-58(52)65-59)51-25-10-7-21-45(51)48-23-14-16-39-17-15-27-53(62)60(39)48/h2*3-38H,1-2H3. The van der Waals surface area contributed by atoms with E-state index >= 15 is 0 Å². The Hall–Kier alpha value is -16.3. The van der Waals surface area contributed by atoms with Gasteiger partial charge in [-0.2, -0.15) is 0 Å². The third kappa shape index (κ3) is 10.2. The van der Waals surface area contributed by atoms with Gasteiger partial charge < -0.3 is 28.4 Å². The molecule has 28 rings (SSSR count). The van der Waals surface area contributed by atoms with Gasteiger partial charge in [0.2, 0.25) is 0 Å². The minimum atomic E-state index is -0.662. The van der Waals surface area contributed by atoms with Crippen LogP contribution in [0.25, 0.3) is 121 Å². The number of hydrogen-bond donors (Lipinski definition) is 0. The molecule has 612 valence electrons. The van der Waals surface area contributed by atoms with Crippen LogP contribution in [0.4, 0.5) is 34.1 Å². The zero-order valence-electron chi connectivity index (χ0n) is 72.2. The number of benzene rings is 20. The van der Waals surface area contributed by atoms with Crippen molar-refractivity contribution in [1.29, 1.82) is 0 Å². The van der Waals surface area contributed by atoms with Gasteiger partial charge in [-0.3, -0.25) is 0 Å². The monoisotopic (exact) mass is 1660 g/mol. The molecule has 6 aliphatic rings. The van der Waals surface area contributed by atoms with E-state index in [0.29, 0.717) is 0 Å². The highest BCUT2D eigenvalue weighted by Gasteiger charge is 2.52. The van der Waals surface area contributed by atoms with E-state index in [9.17, 15) is 0 Å². The van der Waals surface area contributed by atoms with Crippen LogP contribution in [0.1, 0.15) is 94.5 Å². The van der Waals surface area contributed by atoms with Crippen LogP contribution >= 0.6 is 0 Å². The number of hydrogen-bond acceptors (Lipinski definition) is 4. The molecule has 2 aromatic heterocycles. The fourth-order valence-electron chi connectivity index (χ4n) is 24.1. The Balaban J connectivity index is 0.000000134. The van der Waals surface area contributed by atoms with Crippen molar-refractivity contribution in [2.45, 2.75) is 49.4 Å². The van der Waals surface area contributed by atoms with E-state index in [1.54, 1.807) is 0 Å². The molecular weight excluding hydrogens is 1580 g/mol. The summed E-state index contributed by atoms with van der Waals surface area (Å²) in [6.45, 7) is 9.44. The van der Waals surface area contributed by atoms with Gasteiger partial charge in [-0.15, -0.1) is 0 Å². The largest absolute Gasteiger partial charge is 0.457 e. The summed E-state index contributed by atoms with van der Waals surface area (Å²) in [6.07, 6.45) is 0. The molecule has 130 heavy (non-hydrogen) atoms. The van der Waals surface area contributed by atoms with Crippen molar-refractivity contribution in [2.75, 3.05) is 9.80 Å². The van der Waals surface area contributed by atoms with Crippen molar-refractivity contribution >= 4 is 99.3 Å². The Bertz CT molecular complexity index is 8590. The van der Waals surface area contributed by atoms with Crippen molar-refractivity contribution < 1.29 is 9.47 Å². The highest BCUT2D eigenvalue weighted by Crippen LogP contribution is 2.66. The van der Waals surface area contributed by atoms with E-state index < -0.39 is 10.8 Å². The highest BCUT2D eigenvalue weighted by molar-refractivity contribution is 6.14. The molecule has 0 N–H and O–H groups in total. The summed E-state index contributed by atoms with van der Waals surface area (Å²) < 4.78 is 18.8. The molecular formula is C124H84N4O2. The minimum absolute atomic E-state index is 0.109. The van der Waals surface area contributed by atoms with Crippen molar-refractivity contribution in [3.8, 4) is 78.9 Å². The first-order chi connectivity index (χ1) is 64.0. The normalized spacial score (nSPS) is 15.8. The zero-order chi connectivity index (χ0) is 86.0. The van der Waals surface area contributed by atoms with Gasteiger partial charge in [0.15, 0.2) is 0 Å². The molecule has 2 unspecified atom stereocenters. The van der Waals surface area contributed by atoms with Crippen molar-refractivity contribution in [3.63, 3.8) is 0 Å². The van der Waals surface area contributed by atoms with Gasteiger partial charge in [-0.25, -0.2) is 0 Å². The number of rotatable bonds is 8. The molecule has 0 bridgehead atoms. The van der Waals surface area contributed by atoms with Crippen LogP contribution in [0.3, 0.4) is 0 Å². The van der Waals surface area contributed by atoms with Crippen LogP contribution in [0.5, 0.6) is 23.0 Å². The lowest BCUT2D eigenvalue weighted by Crippen LogP contribution is -2.36. The first-order valence-electron chi connectivity index (χ1n) is 45.3. The first-order valence-corrected chi connectivity index (χ1v) is 45.3. The Morgan fingerprint density at radius 1 is 0.192 bits per heavy atom. The fraction of sp³-hybridized carbons (Fsp3) is 0.0645. The van der Waals surface area contributed by atoms with Crippen molar-refractivity contribution in [1.82, 2.24) is 9.13 Å². The van der Waals surface area contributed by atoms with E-state index in [4.69, 9.17) is 9.47 Å². The van der Waals surface area contributed by atoms with E-state index in [0.717, 1.165) is 90.8 Å². The molecule has 22 aromatic rings. The lowest BCUT2D eigenvalue weighted by atomic mass is 9.58. The third-order valence-electron chi connectivity index (χ3n) is 29.6. The summed E-state index contributed by atoms with van der Waals surface area (Å²) in [5, 5.41) is 9.91. The third-order valence-corrected chi connectivity index (χ3v) is 29.6. The van der Waals surface area contributed by atoms with E-state index in [2.05, 4.69) is 483 Å². The van der Waals surface area contributed by atoms with Crippen molar-refractivity contribution in [2.24, 2.45) is 0 Å². The molecule has 2 spiro atoms. The molecule has 4 aliphatic carbocycles. The van der Waals surface area contributed by atoms with Gasteiger partial charge >= 0.3 is 0 Å². The van der Waals surface area contributed by atoms with Crippen molar-refractivity contribution in [3.05, 3.63) is 504 Å². The van der Waals surface area contributed by atoms with Crippen LogP contribution in [0, 0.1) is 0 Å². The Kier molecular flexibility index (Phi) is 15.7. The van der Waals surface area contributed by atoms with Crippen LogP contribution in [-0.2, 0) is 21.7 Å². The van der Waals surface area contributed by atoms with Crippen LogP contribution in [0.2, 0.25) is 0 Å². The summed E-state index contributed by atoms with van der Waals surface area (Å²) >= 11 is 0. The first kappa shape index (κ1) is 74.0. The second-order valence-electron chi connectivity index (χ2n) is 36.8. The molecule has 6 nitrogen and oxygen atoms in total. The predicted octanol–water partition coefficient (Wildman–Crippen LogP) is 32.4.